The van der Waals surface area contributed by atoms with Crippen molar-refractivity contribution >= 4 is 6.09 Å². The lowest BCUT2D eigenvalue weighted by atomic mass is 10.0. The summed E-state index contributed by atoms with van der Waals surface area (Å²) >= 11 is 0. The fraction of sp³-hybridized carbons (Fsp3) is 0.857. The van der Waals surface area contributed by atoms with Gasteiger partial charge in [-0.3, -0.25) is 0 Å². The van der Waals surface area contributed by atoms with Gasteiger partial charge in [0.15, 0.2) is 0 Å². The van der Waals surface area contributed by atoms with Crippen LogP contribution in [0.25, 0.3) is 10.4 Å². The SMILES string of the molecule is CC[C@H](N=[N+]=[N-])[C@@H]1CCOC(=O)N1. The van der Waals surface area contributed by atoms with E-state index in [0.29, 0.717) is 13.0 Å². The summed E-state index contributed by atoms with van der Waals surface area (Å²) in [4.78, 5) is 13.6. The fourth-order valence-electron chi connectivity index (χ4n) is 1.35. The van der Waals surface area contributed by atoms with Gasteiger partial charge in [-0.2, -0.15) is 0 Å². The minimum absolute atomic E-state index is 0.0813. The topological polar surface area (TPSA) is 87.1 Å². The van der Waals surface area contributed by atoms with E-state index in [9.17, 15) is 4.79 Å². The van der Waals surface area contributed by atoms with E-state index in [1.807, 2.05) is 6.92 Å². The first kappa shape index (κ1) is 9.67. The van der Waals surface area contributed by atoms with Crippen molar-refractivity contribution < 1.29 is 9.53 Å². The number of amides is 1. The molecule has 0 bridgehead atoms. The maximum Gasteiger partial charge on any atom is 0.407 e. The van der Waals surface area contributed by atoms with E-state index in [1.165, 1.54) is 0 Å². The molecule has 1 rings (SSSR count). The van der Waals surface area contributed by atoms with Gasteiger partial charge in [-0.1, -0.05) is 12.0 Å². The Labute approximate surface area is 75.9 Å². The van der Waals surface area contributed by atoms with Gasteiger partial charge in [-0.05, 0) is 12.0 Å². The van der Waals surface area contributed by atoms with Crippen LogP contribution in [-0.2, 0) is 4.74 Å². The van der Waals surface area contributed by atoms with Gasteiger partial charge in [0.1, 0.15) is 0 Å². The summed E-state index contributed by atoms with van der Waals surface area (Å²) < 4.78 is 4.70. The van der Waals surface area contributed by atoms with Crippen LogP contribution in [0.2, 0.25) is 0 Å². The Balaban J connectivity index is 2.56. The molecule has 0 aliphatic carbocycles. The molecule has 2 atom stereocenters. The number of carbonyl (C=O) groups is 1. The van der Waals surface area contributed by atoms with Crippen molar-refractivity contribution in [1.29, 1.82) is 0 Å². The van der Waals surface area contributed by atoms with Crippen LogP contribution in [0.5, 0.6) is 0 Å². The first-order chi connectivity index (χ1) is 6.27. The molecule has 1 saturated heterocycles. The van der Waals surface area contributed by atoms with E-state index in [4.69, 9.17) is 10.3 Å². The quantitative estimate of drug-likeness (QED) is 0.410. The zero-order chi connectivity index (χ0) is 9.68. The number of hydrogen-bond acceptors (Lipinski definition) is 3. The van der Waals surface area contributed by atoms with Gasteiger partial charge in [0.2, 0.25) is 0 Å². The van der Waals surface area contributed by atoms with Crippen LogP contribution in [0, 0.1) is 0 Å². The lowest BCUT2D eigenvalue weighted by Crippen LogP contribution is -2.47. The van der Waals surface area contributed by atoms with Gasteiger partial charge in [0.25, 0.3) is 0 Å². The van der Waals surface area contributed by atoms with Crippen LogP contribution in [0.3, 0.4) is 0 Å². The van der Waals surface area contributed by atoms with E-state index in [-0.39, 0.29) is 12.1 Å². The molecule has 0 spiro atoms. The monoisotopic (exact) mass is 184 g/mol. The number of azide groups is 1. The maximum atomic E-state index is 10.8. The summed E-state index contributed by atoms with van der Waals surface area (Å²) in [6.45, 7) is 2.31. The van der Waals surface area contributed by atoms with E-state index >= 15 is 0 Å². The Kier molecular flexibility index (Phi) is 3.40. The van der Waals surface area contributed by atoms with Gasteiger partial charge in [-0.25, -0.2) is 4.79 Å². The van der Waals surface area contributed by atoms with Gasteiger partial charge >= 0.3 is 6.09 Å². The van der Waals surface area contributed by atoms with Crippen LogP contribution < -0.4 is 5.32 Å². The van der Waals surface area contributed by atoms with Gasteiger partial charge in [-0.15, -0.1) is 0 Å². The van der Waals surface area contributed by atoms with Crippen molar-refractivity contribution in [2.75, 3.05) is 6.61 Å². The molecular formula is C7H12N4O2. The van der Waals surface area contributed by atoms with Crippen LogP contribution in [0.15, 0.2) is 5.11 Å². The predicted octanol–water partition coefficient (Wildman–Crippen LogP) is 1.57. The molecule has 6 nitrogen and oxygen atoms in total. The van der Waals surface area contributed by atoms with Gasteiger partial charge in [0, 0.05) is 17.4 Å². The molecule has 1 fully saturated rings. The summed E-state index contributed by atoms with van der Waals surface area (Å²) in [6, 6.07) is -0.250. The molecule has 0 unspecified atom stereocenters. The average Bonchev–Trinajstić information content (AvgIpc) is 2.14. The summed E-state index contributed by atoms with van der Waals surface area (Å²) in [7, 11) is 0. The Morgan fingerprint density at radius 2 is 2.69 bits per heavy atom. The molecule has 0 radical (unpaired) electrons. The summed E-state index contributed by atoms with van der Waals surface area (Å²) in [6.07, 6.45) is 0.987. The molecular weight excluding hydrogens is 172 g/mol. The maximum absolute atomic E-state index is 10.8. The molecule has 72 valence electrons. The Bertz CT molecular complexity index is 237. The van der Waals surface area contributed by atoms with Crippen LogP contribution >= 0.6 is 0 Å². The standard InChI is InChI=1S/C7H12N4O2/c1-2-5(10-11-8)6-3-4-13-7(12)9-6/h5-6H,2-4H2,1H3,(H,9,12)/t5-,6-/m0/s1. The molecule has 6 heteroatoms. The third-order valence-corrected chi connectivity index (χ3v) is 2.05. The molecule has 1 aliphatic heterocycles. The van der Waals surface area contributed by atoms with E-state index in [1.54, 1.807) is 0 Å². The Hall–Kier alpha value is -1.42. The van der Waals surface area contributed by atoms with E-state index in [0.717, 1.165) is 6.42 Å². The molecule has 1 amide bonds. The highest BCUT2D eigenvalue weighted by atomic mass is 16.5. The second-order valence-corrected chi connectivity index (χ2v) is 2.86. The lowest BCUT2D eigenvalue weighted by molar-refractivity contribution is 0.110. The van der Waals surface area contributed by atoms with Crippen molar-refractivity contribution in [3.63, 3.8) is 0 Å². The highest BCUT2D eigenvalue weighted by molar-refractivity contribution is 5.68. The van der Waals surface area contributed by atoms with E-state index < -0.39 is 6.09 Å². The second kappa shape index (κ2) is 4.57. The smallest absolute Gasteiger partial charge is 0.407 e. The molecule has 1 aliphatic rings. The molecule has 0 aromatic heterocycles. The lowest BCUT2D eigenvalue weighted by Gasteiger charge is -2.27. The minimum atomic E-state index is -0.428. The number of nitrogens with one attached hydrogen (secondary N) is 1. The van der Waals surface area contributed by atoms with Crippen LogP contribution in [0.1, 0.15) is 19.8 Å². The molecule has 0 saturated carbocycles. The van der Waals surface area contributed by atoms with E-state index in [2.05, 4.69) is 15.3 Å². The summed E-state index contributed by atoms with van der Waals surface area (Å²) in [5.41, 5.74) is 8.28. The normalized spacial score (nSPS) is 23.8. The fourth-order valence-corrected chi connectivity index (χ4v) is 1.35. The minimum Gasteiger partial charge on any atom is -0.449 e. The first-order valence-electron chi connectivity index (χ1n) is 4.25. The number of nitrogens with zero attached hydrogens (tertiary/aromatic N) is 3. The zero-order valence-corrected chi connectivity index (χ0v) is 7.43. The number of ether oxygens (including phenoxy) is 1. The van der Waals surface area contributed by atoms with Crippen molar-refractivity contribution in [1.82, 2.24) is 5.32 Å². The third kappa shape index (κ3) is 2.52. The highest BCUT2D eigenvalue weighted by Gasteiger charge is 2.25. The highest BCUT2D eigenvalue weighted by Crippen LogP contribution is 2.11. The number of cyclic esters (lactones) is 1. The van der Waals surface area contributed by atoms with Crippen molar-refractivity contribution in [3.8, 4) is 0 Å². The summed E-state index contributed by atoms with van der Waals surface area (Å²) in [5, 5.41) is 6.24. The molecule has 13 heavy (non-hydrogen) atoms. The summed E-state index contributed by atoms with van der Waals surface area (Å²) in [5.74, 6) is 0. The molecule has 1 N–H and O–H groups in total. The Morgan fingerprint density at radius 3 is 3.23 bits per heavy atom. The van der Waals surface area contributed by atoms with Gasteiger partial charge in [0.05, 0.1) is 12.6 Å². The molecule has 0 aromatic carbocycles. The van der Waals surface area contributed by atoms with Crippen molar-refractivity contribution in [3.05, 3.63) is 10.4 Å². The molecule has 1 heterocycles. The number of hydrogen-bond donors (Lipinski definition) is 1. The Morgan fingerprint density at radius 1 is 1.92 bits per heavy atom. The zero-order valence-electron chi connectivity index (χ0n) is 7.43. The van der Waals surface area contributed by atoms with Crippen molar-refractivity contribution in [2.24, 2.45) is 5.11 Å². The second-order valence-electron chi connectivity index (χ2n) is 2.86. The number of carbonyl (C=O) groups excluding carboxylic acids is 1. The third-order valence-electron chi connectivity index (χ3n) is 2.05. The van der Waals surface area contributed by atoms with Gasteiger partial charge < -0.3 is 10.1 Å². The largest absolute Gasteiger partial charge is 0.449 e. The molecule has 0 aromatic rings. The van der Waals surface area contributed by atoms with Crippen LogP contribution in [0.4, 0.5) is 4.79 Å². The number of alkyl carbamates (subject to hydrolysis) is 1. The number of rotatable bonds is 3. The van der Waals surface area contributed by atoms with Crippen molar-refractivity contribution in [2.45, 2.75) is 31.8 Å². The first-order valence-corrected chi connectivity index (χ1v) is 4.25. The van der Waals surface area contributed by atoms with Crippen LogP contribution in [-0.4, -0.2) is 24.8 Å². The average molecular weight is 184 g/mol. The predicted molar refractivity (Wildman–Crippen MR) is 46.1 cm³/mol.